The van der Waals surface area contributed by atoms with Crippen molar-refractivity contribution in [3.05, 3.63) is 34.9 Å². The Balaban J connectivity index is 1.78. The van der Waals surface area contributed by atoms with Gasteiger partial charge in [-0.2, -0.15) is 10.2 Å². The maximum absolute atomic E-state index is 4.64. The Morgan fingerprint density at radius 1 is 1.38 bits per heavy atom. The van der Waals surface area contributed by atoms with Crippen LogP contribution in [0.1, 0.15) is 62.2 Å². The van der Waals surface area contributed by atoms with E-state index in [0.29, 0.717) is 6.04 Å². The molecule has 2 aromatic rings. The van der Waals surface area contributed by atoms with Crippen molar-refractivity contribution >= 4 is 0 Å². The first-order chi connectivity index (χ1) is 9.97. The lowest BCUT2D eigenvalue weighted by atomic mass is 9.92. The van der Waals surface area contributed by atoms with Gasteiger partial charge in [-0.1, -0.05) is 0 Å². The smallest absolute Gasteiger partial charge is 0.0546 e. The van der Waals surface area contributed by atoms with Crippen LogP contribution in [-0.2, 0) is 18.5 Å². The Morgan fingerprint density at radius 2 is 2.19 bits per heavy atom. The molecule has 3 rings (SSSR count). The Morgan fingerprint density at radius 3 is 2.86 bits per heavy atom. The zero-order chi connectivity index (χ0) is 15.0. The summed E-state index contributed by atoms with van der Waals surface area (Å²) < 4.78 is 2.19. The van der Waals surface area contributed by atoms with Gasteiger partial charge in [-0.05, 0) is 47.0 Å². The first-order valence-electron chi connectivity index (χ1n) is 7.76. The zero-order valence-electron chi connectivity index (χ0n) is 13.4. The predicted molar refractivity (Wildman–Crippen MR) is 83.1 cm³/mol. The van der Waals surface area contributed by atoms with E-state index in [1.165, 1.54) is 29.7 Å². The van der Waals surface area contributed by atoms with E-state index in [2.05, 4.69) is 59.2 Å². The van der Waals surface area contributed by atoms with Crippen molar-refractivity contribution in [2.45, 2.75) is 65.1 Å². The van der Waals surface area contributed by atoms with E-state index in [-0.39, 0.29) is 5.54 Å². The molecule has 0 spiro atoms. The second-order valence-corrected chi connectivity index (χ2v) is 6.98. The van der Waals surface area contributed by atoms with Gasteiger partial charge in [0.15, 0.2) is 0 Å². The molecule has 0 fully saturated rings. The third-order valence-corrected chi connectivity index (χ3v) is 4.29. The molecule has 0 aliphatic heterocycles. The summed E-state index contributed by atoms with van der Waals surface area (Å²) >= 11 is 0. The number of fused-ring (bicyclic) bond motifs is 1. The van der Waals surface area contributed by atoms with Crippen LogP contribution >= 0.6 is 0 Å². The molecule has 0 radical (unpaired) electrons. The number of rotatable bonds is 3. The number of H-pyrrole nitrogens is 1. The number of nitrogens with one attached hydrogen (secondary N) is 2. The van der Waals surface area contributed by atoms with Crippen LogP contribution in [0, 0.1) is 6.92 Å². The van der Waals surface area contributed by atoms with E-state index < -0.39 is 0 Å². The minimum atomic E-state index is 0.0522. The Bertz CT molecular complexity index is 617. The fourth-order valence-corrected chi connectivity index (χ4v) is 3.13. The van der Waals surface area contributed by atoms with E-state index in [1.54, 1.807) is 0 Å². The molecule has 1 aliphatic rings. The third kappa shape index (κ3) is 2.75. The quantitative estimate of drug-likeness (QED) is 0.912. The summed E-state index contributed by atoms with van der Waals surface area (Å²) in [6.45, 7) is 9.56. The fraction of sp³-hybridized carbons (Fsp3) is 0.625. The first kappa shape index (κ1) is 14.3. The first-order valence-corrected chi connectivity index (χ1v) is 7.76. The van der Waals surface area contributed by atoms with Crippen molar-refractivity contribution in [2.75, 3.05) is 0 Å². The third-order valence-electron chi connectivity index (χ3n) is 4.29. The highest BCUT2D eigenvalue weighted by Gasteiger charge is 2.27. The predicted octanol–water partition coefficient (Wildman–Crippen LogP) is 2.84. The summed E-state index contributed by atoms with van der Waals surface area (Å²) in [6, 6.07) is 0.402. The van der Waals surface area contributed by atoms with Crippen molar-refractivity contribution in [3.8, 4) is 0 Å². The van der Waals surface area contributed by atoms with Crippen LogP contribution in [0.15, 0.2) is 12.4 Å². The van der Waals surface area contributed by atoms with Crippen LogP contribution in [-0.4, -0.2) is 20.0 Å². The molecule has 2 N–H and O–H groups in total. The molecule has 0 unspecified atom stereocenters. The molecule has 5 heteroatoms. The van der Waals surface area contributed by atoms with Crippen LogP contribution in [0.25, 0.3) is 0 Å². The van der Waals surface area contributed by atoms with Crippen molar-refractivity contribution in [2.24, 2.45) is 0 Å². The Kier molecular flexibility index (Phi) is 3.61. The standard InChI is InChI=1S/C16H25N5/c1-11-12(9-18-20-11)8-17-14-6-5-7-15-13(14)10-19-21(15)16(2,3)4/h9-10,14,17H,5-8H2,1-4H3,(H,18,20)/t14-/m0/s1. The number of hydrogen-bond donors (Lipinski definition) is 2. The molecule has 21 heavy (non-hydrogen) atoms. The normalized spacial score (nSPS) is 18.8. The van der Waals surface area contributed by atoms with Crippen LogP contribution in [0.2, 0.25) is 0 Å². The van der Waals surface area contributed by atoms with Crippen molar-refractivity contribution < 1.29 is 0 Å². The van der Waals surface area contributed by atoms with Crippen molar-refractivity contribution in [1.29, 1.82) is 0 Å². The van der Waals surface area contributed by atoms with E-state index >= 15 is 0 Å². The summed E-state index contributed by atoms with van der Waals surface area (Å²) in [5.41, 5.74) is 5.21. The lowest BCUT2D eigenvalue weighted by molar-refractivity contribution is 0.334. The van der Waals surface area contributed by atoms with Gasteiger partial charge < -0.3 is 5.32 Å². The summed E-state index contributed by atoms with van der Waals surface area (Å²) in [5, 5.41) is 15.4. The van der Waals surface area contributed by atoms with Gasteiger partial charge >= 0.3 is 0 Å². The molecule has 0 amide bonds. The number of hydrogen-bond acceptors (Lipinski definition) is 3. The van der Waals surface area contributed by atoms with Crippen LogP contribution in [0.3, 0.4) is 0 Å². The minimum absolute atomic E-state index is 0.0522. The van der Waals surface area contributed by atoms with Gasteiger partial charge in [-0.3, -0.25) is 9.78 Å². The summed E-state index contributed by atoms with van der Waals surface area (Å²) in [4.78, 5) is 0. The SMILES string of the molecule is Cc1[nH]ncc1CN[C@H]1CCCc2c1cnn2C(C)(C)C. The van der Waals surface area contributed by atoms with Crippen LogP contribution < -0.4 is 5.32 Å². The second kappa shape index (κ2) is 5.30. The molecule has 0 saturated carbocycles. The van der Waals surface area contributed by atoms with Crippen molar-refractivity contribution in [3.63, 3.8) is 0 Å². The van der Waals surface area contributed by atoms with E-state index in [1.807, 2.05) is 6.20 Å². The molecule has 5 nitrogen and oxygen atoms in total. The molecule has 114 valence electrons. The van der Waals surface area contributed by atoms with Gasteiger partial charge in [0.1, 0.15) is 0 Å². The van der Waals surface area contributed by atoms with E-state index in [4.69, 9.17) is 0 Å². The average Bonchev–Trinajstić information content (AvgIpc) is 3.02. The maximum Gasteiger partial charge on any atom is 0.0546 e. The highest BCUT2D eigenvalue weighted by Crippen LogP contribution is 2.32. The van der Waals surface area contributed by atoms with Gasteiger partial charge in [-0.25, -0.2) is 0 Å². The van der Waals surface area contributed by atoms with Gasteiger partial charge in [0.05, 0.1) is 17.9 Å². The molecule has 2 aromatic heterocycles. The lowest BCUT2D eigenvalue weighted by Gasteiger charge is -2.28. The second-order valence-electron chi connectivity index (χ2n) is 6.98. The maximum atomic E-state index is 4.64. The summed E-state index contributed by atoms with van der Waals surface area (Å²) in [5.74, 6) is 0. The van der Waals surface area contributed by atoms with E-state index in [0.717, 1.165) is 18.7 Å². The summed E-state index contributed by atoms with van der Waals surface area (Å²) in [7, 11) is 0. The molecule has 2 heterocycles. The van der Waals surface area contributed by atoms with Gasteiger partial charge in [-0.15, -0.1) is 0 Å². The molecular formula is C16H25N5. The minimum Gasteiger partial charge on any atom is -0.306 e. The highest BCUT2D eigenvalue weighted by molar-refractivity contribution is 5.26. The van der Waals surface area contributed by atoms with Crippen molar-refractivity contribution in [1.82, 2.24) is 25.3 Å². The van der Waals surface area contributed by atoms with Gasteiger partial charge in [0, 0.05) is 35.1 Å². The van der Waals surface area contributed by atoms with Crippen LogP contribution in [0.5, 0.6) is 0 Å². The van der Waals surface area contributed by atoms with Gasteiger partial charge in [0.2, 0.25) is 0 Å². The molecule has 1 atom stereocenters. The molecular weight excluding hydrogens is 262 g/mol. The monoisotopic (exact) mass is 287 g/mol. The number of aromatic nitrogens is 4. The Hall–Kier alpha value is -1.62. The molecule has 0 saturated heterocycles. The number of aromatic amines is 1. The number of aryl methyl sites for hydroxylation is 1. The zero-order valence-corrected chi connectivity index (χ0v) is 13.4. The molecule has 0 aromatic carbocycles. The molecule has 1 aliphatic carbocycles. The average molecular weight is 287 g/mol. The van der Waals surface area contributed by atoms with E-state index in [9.17, 15) is 0 Å². The number of nitrogens with zero attached hydrogens (tertiary/aromatic N) is 3. The largest absolute Gasteiger partial charge is 0.306 e. The molecule has 0 bridgehead atoms. The topological polar surface area (TPSA) is 58.5 Å². The van der Waals surface area contributed by atoms with Gasteiger partial charge in [0.25, 0.3) is 0 Å². The highest BCUT2D eigenvalue weighted by atomic mass is 15.3. The van der Waals surface area contributed by atoms with Crippen LogP contribution in [0.4, 0.5) is 0 Å². The Labute approximate surface area is 126 Å². The summed E-state index contributed by atoms with van der Waals surface area (Å²) in [6.07, 6.45) is 7.50. The lowest BCUT2D eigenvalue weighted by Crippen LogP contribution is -2.29. The fourth-order valence-electron chi connectivity index (χ4n) is 3.13.